The minimum absolute atomic E-state index is 0.0860. The first kappa shape index (κ1) is 18.1. The second-order valence-electron chi connectivity index (χ2n) is 6.63. The maximum Gasteiger partial charge on any atom is 0.269 e. The van der Waals surface area contributed by atoms with E-state index in [-0.39, 0.29) is 10.6 Å². The number of ether oxygens (including phenoxy) is 1. The molecule has 7 nitrogen and oxygen atoms in total. The number of rotatable bonds is 6. The number of nitrogens with one attached hydrogen (secondary N) is 1. The average Bonchev–Trinajstić information content (AvgIpc) is 2.64. The van der Waals surface area contributed by atoms with Gasteiger partial charge in [0.25, 0.3) is 5.69 Å². The molecular weight excluding hydrogens is 332 g/mol. The fourth-order valence-electron chi connectivity index (χ4n) is 3.23. The van der Waals surface area contributed by atoms with E-state index in [0.29, 0.717) is 12.6 Å². The fraction of sp³-hybridized carbons (Fsp3) is 0.421. The molecule has 1 aliphatic rings. The van der Waals surface area contributed by atoms with Crippen molar-refractivity contribution < 1.29 is 9.66 Å². The molecule has 1 aromatic carbocycles. The lowest BCUT2D eigenvalue weighted by atomic mass is 10.0. The minimum atomic E-state index is -0.379. The zero-order chi connectivity index (χ0) is 18.5. The van der Waals surface area contributed by atoms with E-state index in [0.717, 1.165) is 48.6 Å². The molecule has 0 unspecified atom stereocenters. The Balaban J connectivity index is 1.63. The molecule has 0 aliphatic carbocycles. The number of hydrogen-bond acceptors (Lipinski definition) is 6. The van der Waals surface area contributed by atoms with E-state index in [9.17, 15) is 10.1 Å². The number of aryl methyl sites for hydroxylation is 1. The highest BCUT2D eigenvalue weighted by Crippen LogP contribution is 2.26. The van der Waals surface area contributed by atoms with E-state index < -0.39 is 0 Å². The molecule has 138 valence electrons. The van der Waals surface area contributed by atoms with Gasteiger partial charge in [-0.3, -0.25) is 10.1 Å². The summed E-state index contributed by atoms with van der Waals surface area (Å²) in [5.74, 6) is 1.02. The number of nitrogens with zero attached hydrogens (tertiary/aromatic N) is 3. The van der Waals surface area contributed by atoms with Crippen molar-refractivity contribution in [2.75, 3.05) is 30.4 Å². The van der Waals surface area contributed by atoms with Gasteiger partial charge in [0.05, 0.1) is 11.5 Å². The Labute approximate surface area is 153 Å². The van der Waals surface area contributed by atoms with Crippen LogP contribution in [0.25, 0.3) is 0 Å². The summed E-state index contributed by atoms with van der Waals surface area (Å²) in [6.07, 6.45) is 3.87. The highest BCUT2D eigenvalue weighted by atomic mass is 16.6. The SMILES string of the molecule is COCc1cc([N+](=O)[O-])ccc1NC1CCN(c2ccc(C)cn2)CC1. The highest BCUT2D eigenvalue weighted by molar-refractivity contribution is 5.56. The zero-order valence-corrected chi connectivity index (χ0v) is 15.1. The number of hydrogen-bond donors (Lipinski definition) is 1. The van der Waals surface area contributed by atoms with Gasteiger partial charge in [0.1, 0.15) is 5.82 Å². The van der Waals surface area contributed by atoms with Gasteiger partial charge in [-0.05, 0) is 37.5 Å². The van der Waals surface area contributed by atoms with Crippen molar-refractivity contribution in [3.63, 3.8) is 0 Å². The van der Waals surface area contributed by atoms with Crippen LogP contribution < -0.4 is 10.2 Å². The maximum absolute atomic E-state index is 11.0. The predicted molar refractivity (Wildman–Crippen MR) is 102 cm³/mol. The first-order chi connectivity index (χ1) is 12.6. The lowest BCUT2D eigenvalue weighted by molar-refractivity contribution is -0.384. The van der Waals surface area contributed by atoms with Crippen LogP contribution in [-0.4, -0.2) is 36.1 Å². The normalized spacial score (nSPS) is 15.1. The molecule has 1 fully saturated rings. The second-order valence-corrected chi connectivity index (χ2v) is 6.63. The number of piperidine rings is 1. The fourth-order valence-corrected chi connectivity index (χ4v) is 3.23. The Bertz CT molecular complexity index is 756. The Morgan fingerprint density at radius 1 is 1.31 bits per heavy atom. The first-order valence-corrected chi connectivity index (χ1v) is 8.77. The largest absolute Gasteiger partial charge is 0.382 e. The van der Waals surface area contributed by atoms with Gasteiger partial charge in [-0.15, -0.1) is 0 Å². The zero-order valence-electron chi connectivity index (χ0n) is 15.1. The molecule has 0 radical (unpaired) electrons. The van der Waals surface area contributed by atoms with Crippen LogP contribution >= 0.6 is 0 Å². The van der Waals surface area contributed by atoms with Gasteiger partial charge in [0.2, 0.25) is 0 Å². The topological polar surface area (TPSA) is 80.5 Å². The maximum atomic E-state index is 11.0. The molecule has 0 spiro atoms. The summed E-state index contributed by atoms with van der Waals surface area (Å²) in [5.41, 5.74) is 2.96. The third kappa shape index (κ3) is 4.29. The van der Waals surface area contributed by atoms with Gasteiger partial charge in [-0.2, -0.15) is 0 Å². The summed E-state index contributed by atoms with van der Waals surface area (Å²) in [7, 11) is 1.59. The molecule has 1 N–H and O–H groups in total. The minimum Gasteiger partial charge on any atom is -0.382 e. The van der Waals surface area contributed by atoms with Gasteiger partial charge in [-0.1, -0.05) is 6.07 Å². The van der Waals surface area contributed by atoms with Gasteiger partial charge in [-0.25, -0.2) is 4.98 Å². The van der Waals surface area contributed by atoms with Gasteiger partial charge in [0, 0.05) is 55.8 Å². The van der Waals surface area contributed by atoms with E-state index in [1.807, 2.05) is 13.1 Å². The molecule has 1 aliphatic heterocycles. The molecule has 2 aromatic rings. The van der Waals surface area contributed by atoms with E-state index in [1.165, 1.54) is 6.07 Å². The number of nitro groups is 1. The first-order valence-electron chi connectivity index (χ1n) is 8.77. The summed E-state index contributed by atoms with van der Waals surface area (Å²) < 4.78 is 5.20. The Kier molecular flexibility index (Phi) is 5.68. The number of non-ortho nitro benzene ring substituents is 1. The lowest BCUT2D eigenvalue weighted by Gasteiger charge is -2.34. The third-order valence-corrected chi connectivity index (χ3v) is 4.67. The van der Waals surface area contributed by atoms with Crippen molar-refractivity contribution in [2.24, 2.45) is 0 Å². The van der Waals surface area contributed by atoms with Crippen LogP contribution in [0.2, 0.25) is 0 Å². The molecule has 0 saturated carbocycles. The molecule has 3 rings (SSSR count). The van der Waals surface area contributed by atoms with Crippen LogP contribution in [0.1, 0.15) is 24.0 Å². The molecule has 1 aromatic heterocycles. The lowest BCUT2D eigenvalue weighted by Crippen LogP contribution is -2.39. The summed E-state index contributed by atoms with van der Waals surface area (Å²) in [6, 6.07) is 9.37. The van der Waals surface area contributed by atoms with Gasteiger partial charge >= 0.3 is 0 Å². The molecule has 0 atom stereocenters. The smallest absolute Gasteiger partial charge is 0.269 e. The number of nitro benzene ring substituents is 1. The molecule has 26 heavy (non-hydrogen) atoms. The molecule has 1 saturated heterocycles. The summed E-state index contributed by atoms with van der Waals surface area (Å²) >= 11 is 0. The standard InChI is InChI=1S/C19H24N4O3/c1-14-3-6-19(20-12-14)22-9-7-16(8-10-22)21-18-5-4-17(23(24)25)11-15(18)13-26-2/h3-6,11-12,16,21H,7-10,13H2,1-2H3. The summed E-state index contributed by atoms with van der Waals surface area (Å²) in [4.78, 5) is 17.4. The Hall–Kier alpha value is -2.67. The van der Waals surface area contributed by atoms with E-state index in [1.54, 1.807) is 19.2 Å². The van der Waals surface area contributed by atoms with Crippen molar-refractivity contribution in [1.82, 2.24) is 4.98 Å². The van der Waals surface area contributed by atoms with Crippen LogP contribution in [0.15, 0.2) is 36.5 Å². The van der Waals surface area contributed by atoms with E-state index in [4.69, 9.17) is 4.74 Å². The highest BCUT2D eigenvalue weighted by Gasteiger charge is 2.21. The summed E-state index contributed by atoms with van der Waals surface area (Å²) in [6.45, 7) is 4.24. The Morgan fingerprint density at radius 3 is 2.69 bits per heavy atom. The molecular formula is C19H24N4O3. The Morgan fingerprint density at radius 2 is 2.08 bits per heavy atom. The van der Waals surface area contributed by atoms with E-state index >= 15 is 0 Å². The number of anilines is 2. The number of benzene rings is 1. The van der Waals surface area contributed by atoms with Crippen molar-refractivity contribution in [3.05, 3.63) is 57.8 Å². The van der Waals surface area contributed by atoms with Crippen LogP contribution in [0.5, 0.6) is 0 Å². The van der Waals surface area contributed by atoms with Crippen molar-refractivity contribution in [3.8, 4) is 0 Å². The molecule has 7 heteroatoms. The molecule has 0 bridgehead atoms. The van der Waals surface area contributed by atoms with Crippen LogP contribution in [-0.2, 0) is 11.3 Å². The second kappa shape index (κ2) is 8.14. The van der Waals surface area contributed by atoms with Gasteiger partial charge < -0.3 is 15.0 Å². The van der Waals surface area contributed by atoms with Gasteiger partial charge in [0.15, 0.2) is 0 Å². The third-order valence-electron chi connectivity index (χ3n) is 4.67. The summed E-state index contributed by atoms with van der Waals surface area (Å²) in [5, 5.41) is 14.5. The van der Waals surface area contributed by atoms with Crippen LogP contribution in [0, 0.1) is 17.0 Å². The molecule has 2 heterocycles. The van der Waals surface area contributed by atoms with Crippen LogP contribution in [0.3, 0.4) is 0 Å². The average molecular weight is 356 g/mol. The van der Waals surface area contributed by atoms with Crippen molar-refractivity contribution in [2.45, 2.75) is 32.4 Å². The monoisotopic (exact) mass is 356 g/mol. The molecule has 0 amide bonds. The number of pyridine rings is 1. The quantitative estimate of drug-likeness (QED) is 0.630. The number of methoxy groups -OCH3 is 1. The number of aromatic nitrogens is 1. The van der Waals surface area contributed by atoms with Crippen LogP contribution in [0.4, 0.5) is 17.2 Å². The van der Waals surface area contributed by atoms with E-state index in [2.05, 4.69) is 27.3 Å². The van der Waals surface area contributed by atoms with Crippen molar-refractivity contribution in [1.29, 1.82) is 0 Å². The predicted octanol–water partition coefficient (Wildman–Crippen LogP) is 3.53. The van der Waals surface area contributed by atoms with Crippen molar-refractivity contribution >= 4 is 17.2 Å².